The lowest BCUT2D eigenvalue weighted by Gasteiger charge is -2.31. The Morgan fingerprint density at radius 1 is 1.19 bits per heavy atom. The number of methoxy groups -OCH3 is 1. The van der Waals surface area contributed by atoms with Gasteiger partial charge in [0.25, 0.3) is 0 Å². The number of nitrogens with one attached hydrogen (secondary N) is 1. The highest BCUT2D eigenvalue weighted by molar-refractivity contribution is 5.79. The number of hydrogen-bond acceptors (Lipinski definition) is 5. The number of benzene rings is 1. The highest BCUT2D eigenvalue weighted by atomic mass is 16.5. The molecule has 0 radical (unpaired) electrons. The zero-order valence-corrected chi connectivity index (χ0v) is 15.7. The van der Waals surface area contributed by atoms with Crippen LogP contribution in [0.4, 0.5) is 5.95 Å². The number of ether oxygens (including phenoxy) is 1. The summed E-state index contributed by atoms with van der Waals surface area (Å²) < 4.78 is 5.33. The van der Waals surface area contributed by atoms with Crippen LogP contribution in [0.3, 0.4) is 0 Å². The summed E-state index contributed by atoms with van der Waals surface area (Å²) >= 11 is 0. The van der Waals surface area contributed by atoms with Crippen molar-refractivity contribution in [3.63, 3.8) is 0 Å². The smallest absolute Gasteiger partial charge is 0.225 e. The van der Waals surface area contributed by atoms with E-state index in [4.69, 9.17) is 4.74 Å². The summed E-state index contributed by atoms with van der Waals surface area (Å²) in [4.78, 5) is 23.7. The third kappa shape index (κ3) is 4.31. The fraction of sp³-hybridized carbons (Fsp3) is 0.450. The SMILES string of the molecule is COc1ccccc1CNC(=O)C1CCN(c2nc(C)cc(C)n2)CC1. The molecule has 6 nitrogen and oxygen atoms in total. The highest BCUT2D eigenvalue weighted by Crippen LogP contribution is 2.22. The van der Waals surface area contributed by atoms with Crippen LogP contribution < -0.4 is 15.0 Å². The Balaban J connectivity index is 1.53. The fourth-order valence-corrected chi connectivity index (χ4v) is 3.37. The lowest BCUT2D eigenvalue weighted by atomic mass is 9.96. The first kappa shape index (κ1) is 18.2. The maximum atomic E-state index is 12.5. The second kappa shape index (κ2) is 8.17. The highest BCUT2D eigenvalue weighted by Gasteiger charge is 2.26. The number of carbonyl (C=O) groups is 1. The molecule has 1 aromatic heterocycles. The molecule has 6 heteroatoms. The maximum absolute atomic E-state index is 12.5. The molecule has 2 aromatic rings. The molecular weight excluding hydrogens is 328 g/mol. The van der Waals surface area contributed by atoms with Crippen molar-refractivity contribution in [2.24, 2.45) is 5.92 Å². The zero-order valence-electron chi connectivity index (χ0n) is 15.7. The Bertz CT molecular complexity index is 750. The lowest BCUT2D eigenvalue weighted by molar-refractivity contribution is -0.125. The second-order valence-electron chi connectivity index (χ2n) is 6.74. The lowest BCUT2D eigenvalue weighted by Crippen LogP contribution is -2.41. The van der Waals surface area contributed by atoms with Gasteiger partial charge in [0.05, 0.1) is 7.11 Å². The van der Waals surface area contributed by atoms with E-state index in [1.807, 2.05) is 44.2 Å². The Labute approximate surface area is 154 Å². The van der Waals surface area contributed by atoms with Gasteiger partial charge >= 0.3 is 0 Å². The summed E-state index contributed by atoms with van der Waals surface area (Å²) in [6.45, 7) is 6.06. The second-order valence-corrected chi connectivity index (χ2v) is 6.74. The first-order valence-electron chi connectivity index (χ1n) is 9.03. The number of aryl methyl sites for hydroxylation is 2. The van der Waals surface area contributed by atoms with Gasteiger partial charge in [0.2, 0.25) is 11.9 Å². The molecule has 0 atom stereocenters. The number of hydrogen-bond donors (Lipinski definition) is 1. The van der Waals surface area contributed by atoms with Crippen LogP contribution in [-0.2, 0) is 11.3 Å². The van der Waals surface area contributed by atoms with Crippen molar-refractivity contribution in [2.45, 2.75) is 33.2 Å². The third-order valence-corrected chi connectivity index (χ3v) is 4.76. The number of amides is 1. The molecule has 1 aliphatic heterocycles. The molecule has 3 rings (SSSR count). The van der Waals surface area contributed by atoms with Crippen LogP contribution in [0.1, 0.15) is 29.8 Å². The van der Waals surface area contributed by atoms with Gasteiger partial charge in [-0.3, -0.25) is 4.79 Å². The predicted molar refractivity (Wildman–Crippen MR) is 101 cm³/mol. The molecule has 0 unspecified atom stereocenters. The van der Waals surface area contributed by atoms with Gasteiger partial charge in [0.1, 0.15) is 5.75 Å². The van der Waals surface area contributed by atoms with E-state index in [0.29, 0.717) is 6.54 Å². The van der Waals surface area contributed by atoms with E-state index in [1.165, 1.54) is 0 Å². The first-order valence-corrected chi connectivity index (χ1v) is 9.03. The summed E-state index contributed by atoms with van der Waals surface area (Å²) in [7, 11) is 1.64. The summed E-state index contributed by atoms with van der Waals surface area (Å²) in [5.41, 5.74) is 2.94. The zero-order chi connectivity index (χ0) is 18.5. The molecule has 1 fully saturated rings. The van der Waals surface area contributed by atoms with Crippen molar-refractivity contribution in [1.82, 2.24) is 15.3 Å². The van der Waals surface area contributed by atoms with E-state index in [0.717, 1.165) is 54.6 Å². The van der Waals surface area contributed by atoms with Crippen molar-refractivity contribution in [1.29, 1.82) is 0 Å². The quantitative estimate of drug-likeness (QED) is 0.894. The van der Waals surface area contributed by atoms with Crippen LogP contribution in [0.2, 0.25) is 0 Å². The van der Waals surface area contributed by atoms with E-state index >= 15 is 0 Å². The molecule has 138 valence electrons. The summed E-state index contributed by atoms with van der Waals surface area (Å²) in [6.07, 6.45) is 1.63. The molecule has 0 saturated carbocycles. The van der Waals surface area contributed by atoms with Gasteiger partial charge in [-0.25, -0.2) is 9.97 Å². The van der Waals surface area contributed by atoms with E-state index in [-0.39, 0.29) is 11.8 Å². The topological polar surface area (TPSA) is 67.3 Å². The van der Waals surface area contributed by atoms with Gasteiger partial charge in [-0.15, -0.1) is 0 Å². The summed E-state index contributed by atoms with van der Waals surface area (Å²) in [5.74, 6) is 1.72. The molecular formula is C20H26N4O2. The summed E-state index contributed by atoms with van der Waals surface area (Å²) in [5, 5.41) is 3.05. The number of aromatic nitrogens is 2. The van der Waals surface area contributed by atoms with Gasteiger partial charge in [-0.05, 0) is 38.8 Å². The molecule has 0 bridgehead atoms. The van der Waals surface area contributed by atoms with E-state index in [9.17, 15) is 4.79 Å². The Morgan fingerprint density at radius 2 is 1.85 bits per heavy atom. The monoisotopic (exact) mass is 354 g/mol. The molecule has 0 spiro atoms. The molecule has 2 heterocycles. The van der Waals surface area contributed by atoms with Crippen molar-refractivity contribution in [3.05, 3.63) is 47.3 Å². The predicted octanol–water partition coefficient (Wildman–Crippen LogP) is 2.63. The largest absolute Gasteiger partial charge is 0.496 e. The van der Waals surface area contributed by atoms with E-state index in [1.54, 1.807) is 7.11 Å². The number of rotatable bonds is 5. The number of carbonyl (C=O) groups excluding carboxylic acids is 1. The van der Waals surface area contributed by atoms with Crippen LogP contribution in [0.25, 0.3) is 0 Å². The molecule has 1 saturated heterocycles. The maximum Gasteiger partial charge on any atom is 0.225 e. The number of piperidine rings is 1. The van der Waals surface area contributed by atoms with Crippen LogP contribution in [0.15, 0.2) is 30.3 Å². The number of anilines is 1. The first-order chi connectivity index (χ1) is 12.6. The Hall–Kier alpha value is -2.63. The minimum absolute atomic E-state index is 0.0341. The third-order valence-electron chi connectivity index (χ3n) is 4.76. The van der Waals surface area contributed by atoms with Gasteiger partial charge in [0.15, 0.2) is 0 Å². The van der Waals surface area contributed by atoms with Gasteiger partial charge < -0.3 is 15.0 Å². The van der Waals surface area contributed by atoms with Crippen molar-refractivity contribution in [2.75, 3.05) is 25.1 Å². The number of para-hydroxylation sites is 1. The molecule has 1 amide bonds. The molecule has 0 aliphatic carbocycles. The molecule has 26 heavy (non-hydrogen) atoms. The van der Waals surface area contributed by atoms with E-state index in [2.05, 4.69) is 20.2 Å². The van der Waals surface area contributed by atoms with Crippen molar-refractivity contribution < 1.29 is 9.53 Å². The average Bonchev–Trinajstić information content (AvgIpc) is 2.65. The van der Waals surface area contributed by atoms with Gasteiger partial charge in [0, 0.05) is 42.5 Å². The van der Waals surface area contributed by atoms with Crippen LogP contribution in [0.5, 0.6) is 5.75 Å². The summed E-state index contributed by atoms with van der Waals surface area (Å²) in [6, 6.07) is 9.73. The van der Waals surface area contributed by atoms with Crippen LogP contribution in [0, 0.1) is 19.8 Å². The number of nitrogens with zero attached hydrogens (tertiary/aromatic N) is 3. The van der Waals surface area contributed by atoms with E-state index < -0.39 is 0 Å². The molecule has 1 N–H and O–H groups in total. The van der Waals surface area contributed by atoms with Gasteiger partial charge in [-0.2, -0.15) is 0 Å². The minimum atomic E-state index is 0.0341. The fourth-order valence-electron chi connectivity index (χ4n) is 3.37. The van der Waals surface area contributed by atoms with Crippen LogP contribution in [-0.4, -0.2) is 36.1 Å². The van der Waals surface area contributed by atoms with Crippen molar-refractivity contribution in [3.8, 4) is 5.75 Å². The van der Waals surface area contributed by atoms with Gasteiger partial charge in [-0.1, -0.05) is 18.2 Å². The Morgan fingerprint density at radius 3 is 2.50 bits per heavy atom. The molecule has 1 aromatic carbocycles. The van der Waals surface area contributed by atoms with Crippen LogP contribution >= 0.6 is 0 Å². The molecule has 1 aliphatic rings. The van der Waals surface area contributed by atoms with Crippen molar-refractivity contribution >= 4 is 11.9 Å². The Kier molecular flexibility index (Phi) is 5.71. The average molecular weight is 354 g/mol. The minimum Gasteiger partial charge on any atom is -0.496 e. The standard InChI is InChI=1S/C20H26N4O2/c1-14-12-15(2)23-20(22-14)24-10-8-16(9-11-24)19(25)21-13-17-6-4-5-7-18(17)26-3/h4-7,12,16H,8-11,13H2,1-3H3,(H,21,25). The normalized spacial score (nSPS) is 15.0.